The van der Waals surface area contributed by atoms with E-state index in [1.165, 1.54) is 26.9 Å². The predicted molar refractivity (Wildman–Crippen MR) is 169 cm³/mol. The summed E-state index contributed by atoms with van der Waals surface area (Å²) in [5.41, 5.74) is 4.39. The molecule has 4 heterocycles. The van der Waals surface area contributed by atoms with Crippen molar-refractivity contribution in [2.45, 2.75) is 51.7 Å². The Balaban J connectivity index is 1.34. The van der Waals surface area contributed by atoms with E-state index in [2.05, 4.69) is 84.6 Å². The molecule has 230 valence electrons. The summed E-state index contributed by atoms with van der Waals surface area (Å²) >= 11 is 0. The number of hydrogen-bond acceptors (Lipinski definition) is 8. The molecule has 2 fully saturated rings. The van der Waals surface area contributed by atoms with Gasteiger partial charge in [0.25, 0.3) is 5.91 Å². The summed E-state index contributed by atoms with van der Waals surface area (Å²) in [4.78, 5) is 30.7. The molecule has 2 aromatic carbocycles. The molecule has 0 radical (unpaired) electrons. The van der Waals surface area contributed by atoms with Crippen molar-refractivity contribution in [2.24, 2.45) is 5.92 Å². The van der Waals surface area contributed by atoms with Crippen LogP contribution in [0.15, 0.2) is 48.8 Å². The average molecular weight is 598 g/mol. The first-order chi connectivity index (χ1) is 21.2. The molecule has 0 N–H and O–H groups in total. The van der Waals surface area contributed by atoms with Crippen LogP contribution in [0.4, 0.5) is 15.9 Å². The van der Waals surface area contributed by atoms with Crippen molar-refractivity contribution in [1.29, 1.82) is 5.26 Å². The Morgan fingerprint density at radius 1 is 1.11 bits per heavy atom. The van der Waals surface area contributed by atoms with Gasteiger partial charge in [0, 0.05) is 55.4 Å². The lowest BCUT2D eigenvalue weighted by atomic mass is 9.99. The van der Waals surface area contributed by atoms with Crippen LogP contribution in [-0.2, 0) is 17.8 Å². The van der Waals surface area contributed by atoms with Gasteiger partial charge in [-0.2, -0.15) is 15.2 Å². The van der Waals surface area contributed by atoms with Crippen LogP contribution in [0.5, 0.6) is 6.01 Å². The number of nitriles is 1. The Labute approximate surface area is 258 Å². The fraction of sp³-hybridized carbons (Fsp3) is 0.471. The van der Waals surface area contributed by atoms with Crippen LogP contribution in [0, 0.1) is 24.2 Å². The SMILES string of the molecule is C=C(F)C(=O)N1CCN(c2nc(OC[C@@H]3C[C@H](C)CN3C)nc3c2CCN(c2cccc4cccc(C)c24)C3)C[C@@H]1CC#N. The third-order valence-electron chi connectivity index (χ3n) is 9.36. The zero-order chi connectivity index (χ0) is 31.0. The number of nitrogens with zero attached hydrogens (tertiary/aromatic N) is 7. The molecule has 0 bridgehead atoms. The Kier molecular flexibility index (Phi) is 8.41. The van der Waals surface area contributed by atoms with Gasteiger partial charge >= 0.3 is 6.01 Å². The molecular formula is C34H40FN7O2. The Morgan fingerprint density at radius 2 is 1.91 bits per heavy atom. The fourth-order valence-corrected chi connectivity index (χ4v) is 7.17. The van der Waals surface area contributed by atoms with Crippen LogP contribution in [0.25, 0.3) is 10.8 Å². The van der Waals surface area contributed by atoms with Gasteiger partial charge < -0.3 is 19.4 Å². The van der Waals surface area contributed by atoms with Gasteiger partial charge in [0.15, 0.2) is 5.83 Å². The first-order valence-electron chi connectivity index (χ1n) is 15.5. The molecule has 3 aromatic rings. The fourth-order valence-electron chi connectivity index (χ4n) is 7.17. The Hall–Kier alpha value is -4.23. The van der Waals surface area contributed by atoms with E-state index in [1.807, 2.05) is 0 Å². The quantitative estimate of drug-likeness (QED) is 0.364. The number of piperazine rings is 1. The first-order valence-corrected chi connectivity index (χ1v) is 15.5. The molecule has 0 unspecified atom stereocenters. The van der Waals surface area contributed by atoms with Gasteiger partial charge in [-0.15, -0.1) is 0 Å². The summed E-state index contributed by atoms with van der Waals surface area (Å²) in [5, 5.41) is 12.0. The molecule has 6 rings (SSSR count). The second-order valence-corrected chi connectivity index (χ2v) is 12.5. The molecule has 0 saturated carbocycles. The lowest BCUT2D eigenvalue weighted by molar-refractivity contribution is -0.131. The van der Waals surface area contributed by atoms with E-state index in [-0.39, 0.29) is 13.0 Å². The number of likely N-dealkylation sites (tertiary alicyclic amines) is 1. The number of hydrogen-bond donors (Lipinski definition) is 0. The van der Waals surface area contributed by atoms with Gasteiger partial charge in [0.1, 0.15) is 12.4 Å². The Bertz CT molecular complexity index is 1620. The zero-order valence-electron chi connectivity index (χ0n) is 25.8. The molecule has 0 aliphatic carbocycles. The molecule has 3 aliphatic rings. The van der Waals surface area contributed by atoms with Gasteiger partial charge in [0.05, 0.1) is 30.8 Å². The monoisotopic (exact) mass is 597 g/mol. The van der Waals surface area contributed by atoms with Crippen LogP contribution in [0.2, 0.25) is 0 Å². The molecule has 44 heavy (non-hydrogen) atoms. The van der Waals surface area contributed by atoms with Crippen LogP contribution in [0.1, 0.15) is 36.6 Å². The van der Waals surface area contributed by atoms with Crippen LogP contribution < -0.4 is 14.5 Å². The summed E-state index contributed by atoms with van der Waals surface area (Å²) in [6, 6.07) is 15.2. The number of benzene rings is 2. The van der Waals surface area contributed by atoms with Gasteiger partial charge in [-0.1, -0.05) is 43.8 Å². The third kappa shape index (κ3) is 5.81. The van der Waals surface area contributed by atoms with E-state index >= 15 is 0 Å². The first kappa shape index (κ1) is 29.8. The molecule has 3 aliphatic heterocycles. The second kappa shape index (κ2) is 12.4. The topological polar surface area (TPSA) is 88.8 Å². The van der Waals surface area contributed by atoms with E-state index in [4.69, 9.17) is 14.7 Å². The van der Waals surface area contributed by atoms with Crippen LogP contribution in [-0.4, -0.2) is 84.1 Å². The van der Waals surface area contributed by atoms with Crippen molar-refractivity contribution >= 4 is 28.2 Å². The lowest BCUT2D eigenvalue weighted by Crippen LogP contribution is -2.55. The number of amides is 1. The van der Waals surface area contributed by atoms with Crippen molar-refractivity contribution < 1.29 is 13.9 Å². The number of likely N-dealkylation sites (N-methyl/N-ethyl adjacent to an activating group) is 1. The maximum Gasteiger partial charge on any atom is 0.318 e. The summed E-state index contributed by atoms with van der Waals surface area (Å²) in [5.74, 6) is -0.371. The number of aryl methyl sites for hydroxylation is 1. The minimum Gasteiger partial charge on any atom is -0.462 e. The minimum absolute atomic E-state index is 0.0898. The molecule has 10 heteroatoms. The highest BCUT2D eigenvalue weighted by molar-refractivity contribution is 5.97. The summed E-state index contributed by atoms with van der Waals surface area (Å²) < 4.78 is 20.1. The molecule has 9 nitrogen and oxygen atoms in total. The van der Waals surface area contributed by atoms with Crippen molar-refractivity contribution in [2.75, 3.05) is 56.2 Å². The lowest BCUT2D eigenvalue weighted by Gasteiger charge is -2.42. The number of halogens is 1. The number of fused-ring (bicyclic) bond motifs is 2. The highest BCUT2D eigenvalue weighted by atomic mass is 19.1. The van der Waals surface area contributed by atoms with Crippen molar-refractivity contribution in [3.05, 3.63) is 65.6 Å². The molecule has 3 atom stereocenters. The largest absolute Gasteiger partial charge is 0.462 e. The van der Waals surface area contributed by atoms with E-state index in [0.29, 0.717) is 44.2 Å². The number of carbonyl (C=O) groups is 1. The maximum atomic E-state index is 13.8. The number of ether oxygens (including phenoxy) is 1. The molecule has 1 aromatic heterocycles. The number of aromatic nitrogens is 2. The van der Waals surface area contributed by atoms with Crippen molar-refractivity contribution in [3.8, 4) is 12.1 Å². The normalized spacial score (nSPS) is 22.2. The van der Waals surface area contributed by atoms with E-state index < -0.39 is 17.8 Å². The predicted octanol–water partition coefficient (Wildman–Crippen LogP) is 4.63. The summed E-state index contributed by atoms with van der Waals surface area (Å²) in [7, 11) is 2.13. The smallest absolute Gasteiger partial charge is 0.318 e. The van der Waals surface area contributed by atoms with E-state index in [1.54, 1.807) is 0 Å². The number of carbonyl (C=O) groups excluding carboxylic acids is 1. The van der Waals surface area contributed by atoms with Crippen LogP contribution in [0.3, 0.4) is 0 Å². The molecular weight excluding hydrogens is 557 g/mol. The number of anilines is 2. The highest BCUT2D eigenvalue weighted by Crippen LogP contribution is 2.36. The maximum absolute atomic E-state index is 13.8. The van der Waals surface area contributed by atoms with E-state index in [9.17, 15) is 14.4 Å². The summed E-state index contributed by atoms with van der Waals surface area (Å²) in [6.45, 7) is 11.6. The van der Waals surface area contributed by atoms with Crippen molar-refractivity contribution in [1.82, 2.24) is 19.8 Å². The second-order valence-electron chi connectivity index (χ2n) is 12.5. The van der Waals surface area contributed by atoms with Crippen LogP contribution >= 0.6 is 0 Å². The van der Waals surface area contributed by atoms with Gasteiger partial charge in [-0.25, -0.2) is 4.39 Å². The van der Waals surface area contributed by atoms with Gasteiger partial charge in [-0.05, 0) is 49.7 Å². The Morgan fingerprint density at radius 3 is 2.64 bits per heavy atom. The summed E-state index contributed by atoms with van der Waals surface area (Å²) in [6.07, 6.45) is 1.89. The molecule has 2 saturated heterocycles. The van der Waals surface area contributed by atoms with Crippen molar-refractivity contribution in [3.63, 3.8) is 0 Å². The standard InChI is InChI=1S/C34H40FN7O2/c1-22-17-27(39(4)18-22)21-44-34-37-29-20-40(30-10-6-9-25-8-5-7-23(2)31(25)30)14-12-28(29)32(38-34)41-15-16-42(33(43)24(3)35)26(19-41)11-13-36/h5-10,22,26-27H,3,11-12,14-21H2,1-2,4H3/t22-,26-,27-/m0/s1. The number of rotatable bonds is 7. The minimum atomic E-state index is -1.01. The third-order valence-corrected chi connectivity index (χ3v) is 9.36. The average Bonchev–Trinajstić information content (AvgIpc) is 3.35. The molecule has 0 spiro atoms. The van der Waals surface area contributed by atoms with Gasteiger partial charge in [0.2, 0.25) is 0 Å². The molecule has 1 amide bonds. The zero-order valence-corrected chi connectivity index (χ0v) is 25.8. The highest BCUT2D eigenvalue weighted by Gasteiger charge is 2.35. The van der Waals surface area contributed by atoms with Gasteiger partial charge in [-0.3, -0.25) is 9.69 Å². The van der Waals surface area contributed by atoms with E-state index in [0.717, 1.165) is 43.0 Å².